The van der Waals surface area contributed by atoms with E-state index in [0.29, 0.717) is 0 Å². The Kier molecular flexibility index (Phi) is 34.4. The van der Waals surface area contributed by atoms with Gasteiger partial charge in [-0.15, -0.1) is 0 Å². The van der Waals surface area contributed by atoms with E-state index in [1.54, 1.807) is 0 Å². The van der Waals surface area contributed by atoms with Crippen molar-refractivity contribution in [1.82, 2.24) is 0 Å². The van der Waals surface area contributed by atoms with E-state index >= 15 is 0 Å². The van der Waals surface area contributed by atoms with Gasteiger partial charge in [-0.1, -0.05) is 130 Å². The summed E-state index contributed by atoms with van der Waals surface area (Å²) in [6.45, 7) is 11.4. The number of halogens is 1. The molecule has 186 valence electrons. The van der Waals surface area contributed by atoms with E-state index < -0.39 is 0 Å². The Bertz CT molecular complexity index is 252. The molecule has 0 saturated heterocycles. The molecule has 0 aliphatic rings. The van der Waals surface area contributed by atoms with Gasteiger partial charge < -0.3 is 21.5 Å². The maximum Gasteiger partial charge on any atom is 0.0782 e. The van der Waals surface area contributed by atoms with E-state index in [2.05, 4.69) is 27.9 Å². The fourth-order valence-corrected chi connectivity index (χ4v) is 4.17. The first-order valence-electron chi connectivity index (χ1n) is 13.9. The fourth-order valence-electron chi connectivity index (χ4n) is 4.17. The minimum atomic E-state index is 0. The summed E-state index contributed by atoms with van der Waals surface area (Å²) in [6.07, 6.45) is 29.0. The van der Waals surface area contributed by atoms with Crippen molar-refractivity contribution < 1.29 is 21.5 Å². The van der Waals surface area contributed by atoms with E-state index in [1.807, 2.05) is 13.8 Å². The Morgan fingerprint density at radius 2 is 0.567 bits per heavy atom. The number of hydrogen-bond donors (Lipinski definition) is 0. The number of hydrogen-bond acceptors (Lipinski definition) is 0. The summed E-state index contributed by atoms with van der Waals surface area (Å²) < 4.78 is 1.24. The molecule has 0 amide bonds. The van der Waals surface area contributed by atoms with E-state index in [-0.39, 0.29) is 17.0 Å². The van der Waals surface area contributed by atoms with Crippen molar-refractivity contribution in [3.63, 3.8) is 0 Å². The maximum atomic E-state index is 2.45. The molecule has 0 aromatic heterocycles. The standard InChI is InChI=1S/C26H56N.C2H6.BrH/c1-5-7-9-11-13-15-17-19-21-23-25-27(3,4)26-24-22-20-18-16-14-12-10-8-6-2;1-2;/h5-26H2,1-4H3;1-2H3;1H/q+1;;/p-1. The van der Waals surface area contributed by atoms with Gasteiger partial charge in [-0.3, -0.25) is 0 Å². The summed E-state index contributed by atoms with van der Waals surface area (Å²) >= 11 is 0. The fraction of sp³-hybridized carbons (Fsp3) is 1.00. The van der Waals surface area contributed by atoms with Crippen molar-refractivity contribution in [3.05, 3.63) is 0 Å². The highest BCUT2D eigenvalue weighted by Crippen LogP contribution is 2.14. The van der Waals surface area contributed by atoms with Crippen molar-refractivity contribution in [2.75, 3.05) is 27.2 Å². The molecular weight excluding hydrogens is 430 g/mol. The topological polar surface area (TPSA) is 0 Å². The van der Waals surface area contributed by atoms with Crippen LogP contribution in [0.25, 0.3) is 0 Å². The molecule has 0 bridgehead atoms. The summed E-state index contributed by atoms with van der Waals surface area (Å²) in [5.41, 5.74) is 0. The zero-order chi connectivity index (χ0) is 22.1. The molecular formula is C28H62BrN. The summed E-state index contributed by atoms with van der Waals surface area (Å²) in [7, 11) is 4.89. The van der Waals surface area contributed by atoms with Crippen LogP contribution in [0, 0.1) is 0 Å². The zero-order valence-electron chi connectivity index (χ0n) is 22.4. The minimum absolute atomic E-state index is 0. The number of rotatable bonds is 22. The van der Waals surface area contributed by atoms with Crippen LogP contribution in [0.4, 0.5) is 0 Å². The average molecular weight is 493 g/mol. The molecule has 0 atom stereocenters. The molecule has 0 rings (SSSR count). The van der Waals surface area contributed by atoms with Crippen LogP contribution in [0.5, 0.6) is 0 Å². The molecule has 0 aromatic rings. The molecule has 0 N–H and O–H groups in total. The van der Waals surface area contributed by atoms with Gasteiger partial charge in [-0.2, -0.15) is 0 Å². The third-order valence-electron chi connectivity index (χ3n) is 6.23. The van der Waals surface area contributed by atoms with Gasteiger partial charge in [0.05, 0.1) is 27.2 Å². The lowest BCUT2D eigenvalue weighted by Gasteiger charge is -2.30. The van der Waals surface area contributed by atoms with Crippen LogP contribution in [0.15, 0.2) is 0 Å². The van der Waals surface area contributed by atoms with E-state index in [4.69, 9.17) is 0 Å². The smallest absolute Gasteiger partial charge is 0.0782 e. The Hall–Kier alpha value is 0.440. The molecule has 2 heteroatoms. The molecule has 30 heavy (non-hydrogen) atoms. The van der Waals surface area contributed by atoms with Gasteiger partial charge >= 0.3 is 0 Å². The average Bonchev–Trinajstić information content (AvgIpc) is 2.72. The van der Waals surface area contributed by atoms with Crippen LogP contribution < -0.4 is 17.0 Å². The third kappa shape index (κ3) is 30.6. The maximum absolute atomic E-state index is 2.45. The molecule has 0 aliphatic heterocycles. The van der Waals surface area contributed by atoms with Crippen LogP contribution in [-0.4, -0.2) is 31.7 Å². The number of nitrogens with zero attached hydrogens (tertiary/aromatic N) is 1. The van der Waals surface area contributed by atoms with E-state index in [0.717, 1.165) is 0 Å². The lowest BCUT2D eigenvalue weighted by molar-refractivity contribution is -0.890. The molecule has 0 radical (unpaired) electrons. The van der Waals surface area contributed by atoms with Crippen molar-refractivity contribution in [1.29, 1.82) is 0 Å². The van der Waals surface area contributed by atoms with Crippen LogP contribution in [0.3, 0.4) is 0 Å². The third-order valence-corrected chi connectivity index (χ3v) is 6.23. The van der Waals surface area contributed by atoms with Crippen LogP contribution >= 0.6 is 0 Å². The first-order valence-corrected chi connectivity index (χ1v) is 13.9. The Morgan fingerprint density at radius 1 is 0.367 bits per heavy atom. The van der Waals surface area contributed by atoms with Crippen molar-refractivity contribution in [3.8, 4) is 0 Å². The summed E-state index contributed by atoms with van der Waals surface area (Å²) in [5, 5.41) is 0. The molecule has 0 spiro atoms. The van der Waals surface area contributed by atoms with Gasteiger partial charge in [-0.25, -0.2) is 0 Å². The first kappa shape index (κ1) is 35.0. The second-order valence-corrected chi connectivity index (χ2v) is 9.75. The quantitative estimate of drug-likeness (QED) is 0.113. The largest absolute Gasteiger partial charge is 1.00 e. The van der Waals surface area contributed by atoms with Gasteiger partial charge in [0.2, 0.25) is 0 Å². The minimum Gasteiger partial charge on any atom is -1.00 e. The van der Waals surface area contributed by atoms with Crippen LogP contribution in [0.2, 0.25) is 0 Å². The lowest BCUT2D eigenvalue weighted by Crippen LogP contribution is -3.00. The first-order chi connectivity index (χ1) is 14.1. The van der Waals surface area contributed by atoms with Gasteiger partial charge in [0, 0.05) is 0 Å². The molecule has 0 saturated carbocycles. The Morgan fingerprint density at radius 3 is 0.800 bits per heavy atom. The Balaban J connectivity index is -0.00000235. The normalized spacial score (nSPS) is 11.0. The summed E-state index contributed by atoms with van der Waals surface area (Å²) in [6, 6.07) is 0. The van der Waals surface area contributed by atoms with Crippen molar-refractivity contribution in [2.24, 2.45) is 0 Å². The van der Waals surface area contributed by atoms with Crippen LogP contribution in [-0.2, 0) is 0 Å². The predicted octanol–water partition coefficient (Wildman–Crippen LogP) is 6.93. The van der Waals surface area contributed by atoms with Crippen molar-refractivity contribution in [2.45, 2.75) is 156 Å². The van der Waals surface area contributed by atoms with Gasteiger partial charge in [-0.05, 0) is 25.7 Å². The molecule has 0 fully saturated rings. The van der Waals surface area contributed by atoms with Crippen molar-refractivity contribution >= 4 is 0 Å². The summed E-state index contributed by atoms with van der Waals surface area (Å²) in [5.74, 6) is 0. The molecule has 0 aromatic carbocycles. The SMILES string of the molecule is CC.CCCCCCCCCCCC[N+](C)(C)CCCCCCCCCCCC.[Br-]. The highest BCUT2D eigenvalue weighted by Gasteiger charge is 2.13. The molecule has 1 nitrogen and oxygen atoms in total. The highest BCUT2D eigenvalue weighted by molar-refractivity contribution is 4.50. The molecule has 0 aliphatic carbocycles. The summed E-state index contributed by atoms with van der Waals surface area (Å²) in [4.78, 5) is 0. The van der Waals surface area contributed by atoms with Crippen LogP contribution in [0.1, 0.15) is 156 Å². The molecule has 0 heterocycles. The zero-order valence-corrected chi connectivity index (χ0v) is 24.0. The second kappa shape index (κ2) is 29.4. The van der Waals surface area contributed by atoms with Gasteiger partial charge in [0.1, 0.15) is 0 Å². The monoisotopic (exact) mass is 491 g/mol. The van der Waals surface area contributed by atoms with Gasteiger partial charge in [0.25, 0.3) is 0 Å². The lowest BCUT2D eigenvalue weighted by atomic mass is 10.1. The second-order valence-electron chi connectivity index (χ2n) is 9.75. The molecule has 0 unspecified atom stereocenters. The predicted molar refractivity (Wildman–Crippen MR) is 137 cm³/mol. The van der Waals surface area contributed by atoms with E-state index in [9.17, 15) is 0 Å². The number of quaternary nitrogens is 1. The number of unbranched alkanes of at least 4 members (excludes halogenated alkanes) is 18. The Labute approximate surface area is 204 Å². The van der Waals surface area contributed by atoms with Gasteiger partial charge in [0.15, 0.2) is 0 Å². The highest BCUT2D eigenvalue weighted by atomic mass is 79.9. The van der Waals surface area contributed by atoms with E-state index in [1.165, 1.54) is 146 Å².